The maximum atomic E-state index is 11.7. The van der Waals surface area contributed by atoms with Crippen LogP contribution in [0, 0.1) is 0 Å². The van der Waals surface area contributed by atoms with E-state index in [-0.39, 0.29) is 12.2 Å². The molecule has 6 heteroatoms. The van der Waals surface area contributed by atoms with E-state index in [4.69, 9.17) is 9.84 Å². The first kappa shape index (κ1) is 16.8. The van der Waals surface area contributed by atoms with E-state index < -0.39 is 23.7 Å². The molecule has 1 aromatic rings. The minimum absolute atomic E-state index is 0.133. The number of amides is 1. The van der Waals surface area contributed by atoms with E-state index in [0.29, 0.717) is 6.42 Å². The molecule has 0 unspecified atom stereocenters. The summed E-state index contributed by atoms with van der Waals surface area (Å²) in [5.74, 6) is -0.872. The van der Waals surface area contributed by atoms with Crippen molar-refractivity contribution in [2.75, 3.05) is 0 Å². The summed E-state index contributed by atoms with van der Waals surface area (Å²) < 4.78 is 5.12. The number of phenolic OH excluding ortho intramolecular Hbond substituents is 1. The Morgan fingerprint density at radius 1 is 1.24 bits per heavy atom. The van der Waals surface area contributed by atoms with Crippen LogP contribution in [-0.2, 0) is 16.0 Å². The molecule has 0 saturated heterocycles. The molecule has 3 N–H and O–H groups in total. The van der Waals surface area contributed by atoms with Crippen LogP contribution in [0.5, 0.6) is 5.75 Å². The molecule has 1 amide bonds. The van der Waals surface area contributed by atoms with Crippen molar-refractivity contribution in [3.05, 3.63) is 29.8 Å². The SMILES string of the molecule is CC(C)(C)OC(=O)N[C@H](CC(=O)O)Cc1ccc(O)cc1. The molecule has 6 nitrogen and oxygen atoms in total. The van der Waals surface area contributed by atoms with Gasteiger partial charge in [-0.25, -0.2) is 4.79 Å². The predicted octanol–water partition coefficient (Wildman–Crippen LogP) is 2.30. The molecule has 1 rings (SSSR count). The van der Waals surface area contributed by atoms with Gasteiger partial charge in [-0.05, 0) is 44.9 Å². The number of benzene rings is 1. The van der Waals surface area contributed by atoms with Crippen LogP contribution in [-0.4, -0.2) is 33.9 Å². The average Bonchev–Trinajstić information content (AvgIpc) is 2.28. The van der Waals surface area contributed by atoms with Gasteiger partial charge in [0.15, 0.2) is 0 Å². The number of rotatable bonds is 5. The molecule has 0 saturated carbocycles. The monoisotopic (exact) mass is 295 g/mol. The number of carboxylic acid groups (broad SMARTS) is 1. The summed E-state index contributed by atoms with van der Waals surface area (Å²) in [6, 6.07) is 5.81. The van der Waals surface area contributed by atoms with Crippen LogP contribution in [0.15, 0.2) is 24.3 Å². The number of carboxylic acids is 1. The Bertz CT molecular complexity index is 490. The zero-order valence-electron chi connectivity index (χ0n) is 12.4. The number of nitrogens with one attached hydrogen (secondary N) is 1. The second-order valence-corrected chi connectivity index (χ2v) is 5.81. The van der Waals surface area contributed by atoms with Crippen molar-refractivity contribution < 1.29 is 24.5 Å². The lowest BCUT2D eigenvalue weighted by atomic mass is 10.0. The summed E-state index contributed by atoms with van der Waals surface area (Å²) in [5, 5.41) is 20.7. The zero-order valence-corrected chi connectivity index (χ0v) is 12.4. The number of carbonyl (C=O) groups excluding carboxylic acids is 1. The first-order valence-electron chi connectivity index (χ1n) is 6.65. The molecule has 116 valence electrons. The van der Waals surface area contributed by atoms with Crippen molar-refractivity contribution in [2.45, 2.75) is 45.3 Å². The summed E-state index contributed by atoms with van der Waals surface area (Å²) in [5.41, 5.74) is 0.172. The minimum Gasteiger partial charge on any atom is -0.508 e. The van der Waals surface area contributed by atoms with Crippen molar-refractivity contribution in [3.63, 3.8) is 0 Å². The van der Waals surface area contributed by atoms with Crippen molar-refractivity contribution in [3.8, 4) is 5.75 Å². The highest BCUT2D eigenvalue weighted by molar-refractivity contribution is 5.71. The van der Waals surface area contributed by atoms with Crippen LogP contribution < -0.4 is 5.32 Å². The first-order valence-corrected chi connectivity index (χ1v) is 6.65. The van der Waals surface area contributed by atoms with E-state index in [0.717, 1.165) is 5.56 Å². The fourth-order valence-electron chi connectivity index (χ4n) is 1.78. The van der Waals surface area contributed by atoms with E-state index in [1.54, 1.807) is 32.9 Å². The van der Waals surface area contributed by atoms with E-state index >= 15 is 0 Å². The van der Waals surface area contributed by atoms with E-state index in [1.165, 1.54) is 12.1 Å². The maximum Gasteiger partial charge on any atom is 0.407 e. The van der Waals surface area contributed by atoms with Gasteiger partial charge in [0.1, 0.15) is 11.4 Å². The second-order valence-electron chi connectivity index (χ2n) is 5.81. The molecule has 0 radical (unpaired) electrons. The number of aliphatic carboxylic acids is 1. The molecular formula is C15H21NO5. The van der Waals surface area contributed by atoms with Gasteiger partial charge in [-0.15, -0.1) is 0 Å². The second kappa shape index (κ2) is 6.97. The Kier molecular flexibility index (Phi) is 5.58. The molecule has 0 spiro atoms. The van der Waals surface area contributed by atoms with Crippen molar-refractivity contribution in [1.29, 1.82) is 0 Å². The molecule has 0 bridgehead atoms. The van der Waals surface area contributed by atoms with E-state index in [2.05, 4.69) is 5.32 Å². The van der Waals surface area contributed by atoms with Crippen LogP contribution in [0.4, 0.5) is 4.79 Å². The molecule has 0 aliphatic carbocycles. The van der Waals surface area contributed by atoms with Crippen LogP contribution in [0.3, 0.4) is 0 Å². The largest absolute Gasteiger partial charge is 0.508 e. The third-order valence-corrected chi connectivity index (χ3v) is 2.56. The number of aromatic hydroxyl groups is 1. The molecule has 1 atom stereocenters. The normalized spacial score (nSPS) is 12.5. The quantitative estimate of drug-likeness (QED) is 0.774. The molecule has 0 aliphatic rings. The third kappa shape index (κ3) is 7.20. The highest BCUT2D eigenvalue weighted by Crippen LogP contribution is 2.13. The van der Waals surface area contributed by atoms with Gasteiger partial charge in [-0.3, -0.25) is 4.79 Å². The van der Waals surface area contributed by atoms with E-state index in [1.807, 2.05) is 0 Å². The molecular weight excluding hydrogens is 274 g/mol. The Hall–Kier alpha value is -2.24. The van der Waals surface area contributed by atoms with Gasteiger partial charge in [0.25, 0.3) is 0 Å². The van der Waals surface area contributed by atoms with Crippen molar-refractivity contribution in [2.24, 2.45) is 0 Å². The molecule has 21 heavy (non-hydrogen) atoms. The number of alkyl carbamates (subject to hydrolysis) is 1. The fourth-order valence-corrected chi connectivity index (χ4v) is 1.78. The van der Waals surface area contributed by atoms with Gasteiger partial charge in [-0.2, -0.15) is 0 Å². The topological polar surface area (TPSA) is 95.9 Å². The van der Waals surface area contributed by atoms with Gasteiger partial charge < -0.3 is 20.3 Å². The summed E-state index contributed by atoms with van der Waals surface area (Å²) >= 11 is 0. The average molecular weight is 295 g/mol. The smallest absolute Gasteiger partial charge is 0.407 e. The molecule has 0 fully saturated rings. The van der Waals surface area contributed by atoms with Crippen LogP contribution >= 0.6 is 0 Å². The molecule has 0 aromatic heterocycles. The van der Waals surface area contributed by atoms with Gasteiger partial charge in [0.05, 0.1) is 6.42 Å². The summed E-state index contributed by atoms with van der Waals surface area (Å²) in [4.78, 5) is 22.6. The lowest BCUT2D eigenvalue weighted by Crippen LogP contribution is -2.41. The van der Waals surface area contributed by atoms with Gasteiger partial charge in [-0.1, -0.05) is 12.1 Å². The number of phenols is 1. The number of carbonyl (C=O) groups is 2. The number of hydrogen-bond donors (Lipinski definition) is 3. The standard InChI is InChI=1S/C15H21NO5/c1-15(2,3)21-14(20)16-11(9-13(18)19)8-10-4-6-12(17)7-5-10/h4-7,11,17H,8-9H2,1-3H3,(H,16,20)(H,18,19)/t11-/m0/s1. The van der Waals surface area contributed by atoms with E-state index in [9.17, 15) is 14.7 Å². The van der Waals surface area contributed by atoms with Gasteiger partial charge >= 0.3 is 12.1 Å². The minimum atomic E-state index is -1.00. The van der Waals surface area contributed by atoms with Crippen molar-refractivity contribution >= 4 is 12.1 Å². The van der Waals surface area contributed by atoms with Crippen LogP contribution in [0.1, 0.15) is 32.8 Å². The molecule has 0 heterocycles. The summed E-state index contributed by atoms with van der Waals surface area (Å²) in [6.07, 6.45) is -0.515. The highest BCUT2D eigenvalue weighted by Gasteiger charge is 2.21. The Labute approximate surface area is 123 Å². The molecule has 1 aromatic carbocycles. The summed E-state index contributed by atoms with van der Waals surface area (Å²) in [7, 11) is 0. The van der Waals surface area contributed by atoms with Crippen molar-refractivity contribution in [1.82, 2.24) is 5.32 Å². The predicted molar refractivity (Wildman–Crippen MR) is 77.2 cm³/mol. The Balaban J connectivity index is 2.69. The van der Waals surface area contributed by atoms with Crippen LogP contribution in [0.2, 0.25) is 0 Å². The highest BCUT2D eigenvalue weighted by atomic mass is 16.6. The third-order valence-electron chi connectivity index (χ3n) is 2.56. The fraction of sp³-hybridized carbons (Fsp3) is 0.467. The summed E-state index contributed by atoms with van der Waals surface area (Å²) in [6.45, 7) is 5.20. The lowest BCUT2D eigenvalue weighted by molar-refractivity contribution is -0.137. The first-order chi connectivity index (χ1) is 9.65. The lowest BCUT2D eigenvalue weighted by Gasteiger charge is -2.23. The Morgan fingerprint density at radius 2 is 1.81 bits per heavy atom. The van der Waals surface area contributed by atoms with Crippen LogP contribution in [0.25, 0.3) is 0 Å². The molecule has 0 aliphatic heterocycles. The number of ether oxygens (including phenoxy) is 1. The maximum absolute atomic E-state index is 11.7. The zero-order chi connectivity index (χ0) is 16.0. The van der Waals surface area contributed by atoms with Gasteiger partial charge in [0, 0.05) is 6.04 Å². The number of hydrogen-bond acceptors (Lipinski definition) is 4. The van der Waals surface area contributed by atoms with Gasteiger partial charge in [0.2, 0.25) is 0 Å². The Morgan fingerprint density at radius 3 is 2.29 bits per heavy atom.